The average Bonchev–Trinajstić information content (AvgIpc) is 3.21. The first-order chi connectivity index (χ1) is 16.4. The van der Waals surface area contributed by atoms with E-state index in [1.165, 1.54) is 23.1 Å². The van der Waals surface area contributed by atoms with Gasteiger partial charge in [0.15, 0.2) is 10.9 Å². The predicted octanol–water partition coefficient (Wildman–Crippen LogP) is 5.83. The molecule has 0 saturated carbocycles. The third kappa shape index (κ3) is 4.35. The number of thioether (sulfide) groups is 1. The molecule has 5 nitrogen and oxygen atoms in total. The van der Waals surface area contributed by atoms with Crippen LogP contribution < -0.4 is 5.56 Å². The van der Waals surface area contributed by atoms with E-state index in [-0.39, 0.29) is 23.2 Å². The number of thiophene rings is 1. The van der Waals surface area contributed by atoms with Crippen LogP contribution in [0.5, 0.6) is 0 Å². The maximum absolute atomic E-state index is 13.9. The molecule has 174 valence electrons. The van der Waals surface area contributed by atoms with Gasteiger partial charge in [0.25, 0.3) is 5.56 Å². The van der Waals surface area contributed by atoms with Gasteiger partial charge >= 0.3 is 0 Å². The van der Waals surface area contributed by atoms with Crippen LogP contribution in [0.2, 0.25) is 0 Å². The van der Waals surface area contributed by atoms with Gasteiger partial charge < -0.3 is 4.74 Å². The van der Waals surface area contributed by atoms with Crippen LogP contribution in [0.15, 0.2) is 64.5 Å². The van der Waals surface area contributed by atoms with Gasteiger partial charge in [0.2, 0.25) is 0 Å². The number of fused-ring (bicyclic) bond motifs is 3. The zero-order valence-electron chi connectivity index (χ0n) is 19.4. The van der Waals surface area contributed by atoms with E-state index in [0.29, 0.717) is 28.6 Å². The molecule has 0 saturated heterocycles. The van der Waals surface area contributed by atoms with Crippen LogP contribution in [0.4, 0.5) is 0 Å². The number of nitrogens with zero attached hydrogens (tertiary/aromatic N) is 2. The number of aryl methyl sites for hydroxylation is 1. The van der Waals surface area contributed by atoms with Crippen LogP contribution in [-0.4, -0.2) is 27.2 Å². The topological polar surface area (TPSA) is 61.2 Å². The number of hydrogen-bond acceptors (Lipinski definition) is 6. The third-order valence-electron chi connectivity index (χ3n) is 6.18. The van der Waals surface area contributed by atoms with Gasteiger partial charge in [-0.1, -0.05) is 73.6 Å². The normalized spacial score (nSPS) is 15.6. The summed E-state index contributed by atoms with van der Waals surface area (Å²) in [6.07, 6.45) is 0.812. The number of rotatable bonds is 6. The summed E-state index contributed by atoms with van der Waals surface area (Å²) in [7, 11) is 0. The van der Waals surface area contributed by atoms with Gasteiger partial charge in [0, 0.05) is 16.9 Å². The average molecular weight is 491 g/mol. The molecule has 7 heteroatoms. The summed E-state index contributed by atoms with van der Waals surface area (Å²) < 4.78 is 7.71. The van der Waals surface area contributed by atoms with E-state index in [9.17, 15) is 9.59 Å². The van der Waals surface area contributed by atoms with Crippen molar-refractivity contribution in [3.05, 3.63) is 86.5 Å². The van der Waals surface area contributed by atoms with Crippen molar-refractivity contribution in [2.75, 3.05) is 5.75 Å². The van der Waals surface area contributed by atoms with Crippen molar-refractivity contribution in [3.8, 4) is 5.69 Å². The number of carbonyl (C=O) groups is 1. The number of ether oxygens (including phenoxy) is 1. The largest absolute Gasteiger partial charge is 0.372 e. The van der Waals surface area contributed by atoms with E-state index in [1.54, 1.807) is 4.57 Å². The predicted molar refractivity (Wildman–Crippen MR) is 139 cm³/mol. The minimum atomic E-state index is -0.0783. The second-order valence-corrected chi connectivity index (χ2v) is 11.0. The third-order valence-corrected chi connectivity index (χ3v) is 8.21. The van der Waals surface area contributed by atoms with Crippen molar-refractivity contribution >= 4 is 39.1 Å². The standard InChI is InChI=1S/C27H26N2O3S2/c1-16(2)22-13-20-23(14-32-22)34-25-24(20)26(31)29(19-11-9-17(3)10-12-19)27(28-25)33-15-21(30)18-7-5-4-6-8-18/h4-12,16,22H,13-15H2,1-3H3. The lowest BCUT2D eigenvalue weighted by atomic mass is 9.96. The van der Waals surface area contributed by atoms with E-state index in [0.717, 1.165) is 32.9 Å². The Morgan fingerprint density at radius 3 is 2.62 bits per heavy atom. The van der Waals surface area contributed by atoms with Gasteiger partial charge in [-0.05, 0) is 30.5 Å². The van der Waals surface area contributed by atoms with E-state index in [4.69, 9.17) is 9.72 Å². The van der Waals surface area contributed by atoms with Gasteiger partial charge in [-0.15, -0.1) is 11.3 Å². The zero-order valence-corrected chi connectivity index (χ0v) is 21.0. The summed E-state index contributed by atoms with van der Waals surface area (Å²) in [4.78, 5) is 33.4. The summed E-state index contributed by atoms with van der Waals surface area (Å²) in [5.74, 6) is 0.584. The fraction of sp³-hybridized carbons (Fsp3) is 0.296. The van der Waals surface area contributed by atoms with Gasteiger partial charge in [-0.25, -0.2) is 4.98 Å². The van der Waals surface area contributed by atoms with Crippen molar-refractivity contribution in [1.29, 1.82) is 0 Å². The van der Waals surface area contributed by atoms with Crippen molar-refractivity contribution in [2.24, 2.45) is 5.92 Å². The quantitative estimate of drug-likeness (QED) is 0.193. The fourth-order valence-corrected chi connectivity index (χ4v) is 6.26. The first kappa shape index (κ1) is 23.0. The molecule has 2 aromatic heterocycles. The molecule has 0 bridgehead atoms. The highest BCUT2D eigenvalue weighted by Gasteiger charge is 2.29. The molecule has 4 aromatic rings. The van der Waals surface area contributed by atoms with Crippen molar-refractivity contribution in [1.82, 2.24) is 9.55 Å². The maximum atomic E-state index is 13.9. The van der Waals surface area contributed by atoms with Crippen LogP contribution in [0, 0.1) is 12.8 Å². The van der Waals surface area contributed by atoms with Crippen molar-refractivity contribution < 1.29 is 9.53 Å². The number of carbonyl (C=O) groups excluding carboxylic acids is 1. The molecule has 1 aliphatic rings. The number of aromatic nitrogens is 2. The molecule has 1 atom stereocenters. The number of Topliss-reactive ketones (excluding diaryl/α,β-unsaturated/α-hetero) is 1. The Hall–Kier alpha value is -2.74. The first-order valence-corrected chi connectivity index (χ1v) is 13.2. The lowest BCUT2D eigenvalue weighted by Gasteiger charge is -2.26. The highest BCUT2D eigenvalue weighted by molar-refractivity contribution is 7.99. The second-order valence-electron chi connectivity index (χ2n) is 8.93. The molecule has 0 N–H and O–H groups in total. The maximum Gasteiger partial charge on any atom is 0.267 e. The molecule has 0 aliphatic carbocycles. The summed E-state index contributed by atoms with van der Waals surface area (Å²) in [5, 5.41) is 1.22. The van der Waals surface area contributed by atoms with Crippen LogP contribution in [-0.2, 0) is 17.8 Å². The Labute approximate surface area is 206 Å². The summed E-state index contributed by atoms with van der Waals surface area (Å²) in [6.45, 7) is 6.82. The Balaban J connectivity index is 1.61. The minimum absolute atomic E-state index is 0.00838. The van der Waals surface area contributed by atoms with Gasteiger partial charge in [0.05, 0.1) is 29.5 Å². The Kier molecular flexibility index (Phi) is 6.42. The Morgan fingerprint density at radius 2 is 1.91 bits per heavy atom. The highest BCUT2D eigenvalue weighted by atomic mass is 32.2. The van der Waals surface area contributed by atoms with Crippen LogP contribution in [0.3, 0.4) is 0 Å². The van der Waals surface area contributed by atoms with Crippen LogP contribution >= 0.6 is 23.1 Å². The number of ketones is 1. The summed E-state index contributed by atoms with van der Waals surface area (Å²) in [5.41, 5.74) is 3.52. The first-order valence-electron chi connectivity index (χ1n) is 11.4. The molecule has 34 heavy (non-hydrogen) atoms. The highest BCUT2D eigenvalue weighted by Crippen LogP contribution is 2.36. The van der Waals surface area contributed by atoms with E-state index in [1.807, 2.05) is 61.5 Å². The molecule has 3 heterocycles. The summed E-state index contributed by atoms with van der Waals surface area (Å²) in [6, 6.07) is 17.1. The fourth-order valence-electron chi connectivity index (χ4n) is 4.19. The Morgan fingerprint density at radius 1 is 1.18 bits per heavy atom. The molecule has 1 unspecified atom stereocenters. The van der Waals surface area contributed by atoms with E-state index >= 15 is 0 Å². The molecule has 0 amide bonds. The van der Waals surface area contributed by atoms with Gasteiger partial charge in [-0.3, -0.25) is 14.2 Å². The molecule has 0 fully saturated rings. The molecule has 5 rings (SSSR count). The monoisotopic (exact) mass is 490 g/mol. The number of benzene rings is 2. The molecule has 0 radical (unpaired) electrons. The van der Waals surface area contributed by atoms with Crippen LogP contribution in [0.25, 0.3) is 15.9 Å². The SMILES string of the molecule is Cc1ccc(-n2c(SCC(=O)c3ccccc3)nc3sc4c(c3c2=O)CC(C(C)C)OC4)cc1. The minimum Gasteiger partial charge on any atom is -0.372 e. The van der Waals surface area contributed by atoms with Gasteiger partial charge in [0.1, 0.15) is 4.83 Å². The molecule has 1 aliphatic heterocycles. The smallest absolute Gasteiger partial charge is 0.267 e. The van der Waals surface area contributed by atoms with Gasteiger partial charge in [-0.2, -0.15) is 0 Å². The molecular formula is C27H26N2O3S2. The van der Waals surface area contributed by atoms with Crippen molar-refractivity contribution in [2.45, 2.75) is 45.1 Å². The second kappa shape index (κ2) is 9.49. The summed E-state index contributed by atoms with van der Waals surface area (Å²) >= 11 is 2.84. The molecule has 2 aromatic carbocycles. The lowest BCUT2D eigenvalue weighted by Crippen LogP contribution is -2.28. The van der Waals surface area contributed by atoms with Crippen LogP contribution in [0.1, 0.15) is 40.2 Å². The lowest BCUT2D eigenvalue weighted by molar-refractivity contribution is 0.00200. The molecular weight excluding hydrogens is 464 g/mol. The van der Waals surface area contributed by atoms with Crippen molar-refractivity contribution in [3.63, 3.8) is 0 Å². The van der Waals surface area contributed by atoms with E-state index in [2.05, 4.69) is 13.8 Å². The number of hydrogen-bond donors (Lipinski definition) is 0. The zero-order chi connectivity index (χ0) is 23.8. The Bertz CT molecular complexity index is 1410. The van der Waals surface area contributed by atoms with E-state index < -0.39 is 0 Å². The molecule has 0 spiro atoms.